The monoisotopic (exact) mass is 488 g/mol. The highest BCUT2D eigenvalue weighted by Gasteiger charge is 2.29. The van der Waals surface area contributed by atoms with Gasteiger partial charge < -0.3 is 29.8 Å². The highest BCUT2D eigenvalue weighted by atomic mass is 16.6. The molecule has 0 aliphatic rings. The molecule has 0 saturated carbocycles. The van der Waals surface area contributed by atoms with E-state index in [0.717, 1.165) is 5.56 Å². The SMILES string of the molecule is COC(=O)[C@H](Cc1cnc[nH]1)NC(=O)[C@H](CCC(=O)OC(C)(C)C)NC(=O)OCc1ccccc1. The van der Waals surface area contributed by atoms with E-state index in [4.69, 9.17) is 14.2 Å². The molecule has 3 N–H and O–H groups in total. The Morgan fingerprint density at radius 2 is 1.77 bits per heavy atom. The molecule has 11 nitrogen and oxygen atoms in total. The number of hydrogen-bond acceptors (Lipinski definition) is 8. The summed E-state index contributed by atoms with van der Waals surface area (Å²) < 4.78 is 15.3. The van der Waals surface area contributed by atoms with Gasteiger partial charge in [-0.2, -0.15) is 0 Å². The summed E-state index contributed by atoms with van der Waals surface area (Å²) in [7, 11) is 1.20. The minimum Gasteiger partial charge on any atom is -0.467 e. The molecule has 0 unspecified atom stereocenters. The van der Waals surface area contributed by atoms with Gasteiger partial charge in [-0.05, 0) is 32.8 Å². The maximum Gasteiger partial charge on any atom is 0.408 e. The normalized spacial score (nSPS) is 12.7. The van der Waals surface area contributed by atoms with E-state index in [9.17, 15) is 19.2 Å². The van der Waals surface area contributed by atoms with Crippen molar-refractivity contribution in [2.75, 3.05) is 7.11 Å². The van der Waals surface area contributed by atoms with Crippen molar-refractivity contribution in [2.24, 2.45) is 0 Å². The van der Waals surface area contributed by atoms with E-state index in [2.05, 4.69) is 20.6 Å². The second-order valence-corrected chi connectivity index (χ2v) is 8.75. The van der Waals surface area contributed by atoms with Gasteiger partial charge in [-0.15, -0.1) is 0 Å². The van der Waals surface area contributed by atoms with Crippen molar-refractivity contribution in [3.8, 4) is 0 Å². The number of aromatic amines is 1. The summed E-state index contributed by atoms with van der Waals surface area (Å²) >= 11 is 0. The lowest BCUT2D eigenvalue weighted by molar-refractivity contribution is -0.155. The molecule has 2 aromatic rings. The predicted molar refractivity (Wildman–Crippen MR) is 125 cm³/mol. The number of imidazole rings is 1. The Morgan fingerprint density at radius 3 is 2.37 bits per heavy atom. The molecule has 0 aliphatic carbocycles. The number of amides is 2. The number of rotatable bonds is 11. The first-order chi connectivity index (χ1) is 16.6. The number of esters is 2. The molecule has 0 aliphatic heterocycles. The summed E-state index contributed by atoms with van der Waals surface area (Å²) in [5, 5.41) is 5.05. The molecule has 11 heteroatoms. The maximum atomic E-state index is 13.0. The van der Waals surface area contributed by atoms with Gasteiger partial charge in [0, 0.05) is 24.7 Å². The first-order valence-corrected chi connectivity index (χ1v) is 11.1. The Balaban J connectivity index is 2.07. The molecule has 0 spiro atoms. The molecule has 0 radical (unpaired) electrons. The molecule has 0 bridgehead atoms. The van der Waals surface area contributed by atoms with E-state index >= 15 is 0 Å². The lowest BCUT2D eigenvalue weighted by Gasteiger charge is -2.23. The van der Waals surface area contributed by atoms with Crippen LogP contribution in [0.4, 0.5) is 4.79 Å². The first-order valence-electron chi connectivity index (χ1n) is 11.1. The summed E-state index contributed by atoms with van der Waals surface area (Å²) in [6, 6.07) is 6.81. The summed E-state index contributed by atoms with van der Waals surface area (Å²) in [5.41, 5.74) is 0.667. The van der Waals surface area contributed by atoms with Crippen LogP contribution in [-0.4, -0.2) is 58.7 Å². The van der Waals surface area contributed by atoms with Gasteiger partial charge >= 0.3 is 18.0 Å². The van der Waals surface area contributed by atoms with Crippen LogP contribution in [0, 0.1) is 0 Å². The number of benzene rings is 1. The van der Waals surface area contributed by atoms with Gasteiger partial charge in [0.25, 0.3) is 0 Å². The quantitative estimate of drug-likeness (QED) is 0.321. The molecule has 1 heterocycles. The van der Waals surface area contributed by atoms with Crippen molar-refractivity contribution in [2.45, 2.75) is 64.3 Å². The summed E-state index contributed by atoms with van der Waals surface area (Å²) in [6.45, 7) is 5.18. The molecule has 1 aromatic carbocycles. The van der Waals surface area contributed by atoms with E-state index in [-0.39, 0.29) is 25.9 Å². The van der Waals surface area contributed by atoms with Crippen LogP contribution in [0.1, 0.15) is 44.9 Å². The van der Waals surface area contributed by atoms with Crippen molar-refractivity contribution in [1.29, 1.82) is 0 Å². The minimum absolute atomic E-state index is 0.00229. The molecule has 2 atom stereocenters. The van der Waals surface area contributed by atoms with Crippen LogP contribution in [0.15, 0.2) is 42.9 Å². The van der Waals surface area contributed by atoms with E-state index in [1.807, 2.05) is 6.07 Å². The van der Waals surface area contributed by atoms with Crippen LogP contribution in [0.2, 0.25) is 0 Å². The highest BCUT2D eigenvalue weighted by Crippen LogP contribution is 2.11. The lowest BCUT2D eigenvalue weighted by Crippen LogP contribution is -2.52. The van der Waals surface area contributed by atoms with Gasteiger partial charge in [0.2, 0.25) is 5.91 Å². The van der Waals surface area contributed by atoms with Crippen LogP contribution in [0.3, 0.4) is 0 Å². The maximum absolute atomic E-state index is 13.0. The first kappa shape index (κ1) is 27.4. The Hall–Kier alpha value is -3.89. The van der Waals surface area contributed by atoms with Gasteiger partial charge in [-0.25, -0.2) is 14.6 Å². The zero-order chi connectivity index (χ0) is 25.8. The fourth-order valence-corrected chi connectivity index (χ4v) is 3.05. The Kier molecular flexibility index (Phi) is 10.2. The van der Waals surface area contributed by atoms with Gasteiger partial charge in [0.05, 0.1) is 13.4 Å². The third-order valence-corrected chi connectivity index (χ3v) is 4.66. The Labute approximate surface area is 203 Å². The number of ether oxygens (including phenoxy) is 3. The number of nitrogens with zero attached hydrogens (tertiary/aromatic N) is 1. The Bertz CT molecular complexity index is 972. The third kappa shape index (κ3) is 10.3. The van der Waals surface area contributed by atoms with Crippen molar-refractivity contribution in [1.82, 2.24) is 20.6 Å². The molecular formula is C24H32N4O7. The number of carbonyl (C=O) groups is 4. The van der Waals surface area contributed by atoms with Crippen LogP contribution >= 0.6 is 0 Å². The predicted octanol–water partition coefficient (Wildman–Crippen LogP) is 2.03. The summed E-state index contributed by atoms with van der Waals surface area (Å²) in [4.78, 5) is 56.6. The topological polar surface area (TPSA) is 149 Å². The number of aromatic nitrogens is 2. The molecule has 2 rings (SSSR count). The average molecular weight is 489 g/mol. The van der Waals surface area contributed by atoms with Crippen LogP contribution in [0.25, 0.3) is 0 Å². The van der Waals surface area contributed by atoms with Crippen LogP contribution in [-0.2, 0) is 41.6 Å². The van der Waals surface area contributed by atoms with E-state index in [1.54, 1.807) is 45.0 Å². The number of H-pyrrole nitrogens is 1. The molecule has 0 fully saturated rings. The van der Waals surface area contributed by atoms with Gasteiger partial charge in [-0.1, -0.05) is 30.3 Å². The van der Waals surface area contributed by atoms with Crippen molar-refractivity contribution >= 4 is 23.9 Å². The average Bonchev–Trinajstić information content (AvgIpc) is 3.32. The molecule has 2 amide bonds. The van der Waals surface area contributed by atoms with Crippen molar-refractivity contribution < 1.29 is 33.4 Å². The fraction of sp³-hybridized carbons (Fsp3) is 0.458. The van der Waals surface area contributed by atoms with Gasteiger partial charge in [0.1, 0.15) is 24.3 Å². The highest BCUT2D eigenvalue weighted by molar-refractivity contribution is 5.90. The van der Waals surface area contributed by atoms with Crippen molar-refractivity contribution in [3.63, 3.8) is 0 Å². The third-order valence-electron chi connectivity index (χ3n) is 4.66. The summed E-state index contributed by atoms with van der Waals surface area (Å²) in [5.74, 6) is -1.89. The zero-order valence-corrected chi connectivity index (χ0v) is 20.3. The number of methoxy groups -OCH3 is 1. The largest absolute Gasteiger partial charge is 0.467 e. The van der Waals surface area contributed by atoms with Gasteiger partial charge in [0.15, 0.2) is 0 Å². The van der Waals surface area contributed by atoms with Crippen molar-refractivity contribution in [3.05, 3.63) is 54.1 Å². The van der Waals surface area contributed by atoms with E-state index < -0.39 is 41.6 Å². The molecule has 35 heavy (non-hydrogen) atoms. The standard InChI is InChI=1S/C24H32N4O7/c1-24(2,3)35-20(29)11-10-18(28-23(32)34-14-16-8-6-5-7-9-16)21(30)27-19(22(31)33-4)12-17-13-25-15-26-17/h5-9,13,15,18-19H,10-12,14H2,1-4H3,(H,25,26)(H,27,30)(H,28,32)/t18-,19-/m0/s1. The number of alkyl carbamates (subject to hydrolysis) is 1. The van der Waals surface area contributed by atoms with E-state index in [1.165, 1.54) is 19.6 Å². The number of carbonyl (C=O) groups excluding carboxylic acids is 4. The summed E-state index contributed by atoms with van der Waals surface area (Å²) in [6.07, 6.45) is 1.99. The van der Waals surface area contributed by atoms with Gasteiger partial charge in [-0.3, -0.25) is 9.59 Å². The van der Waals surface area contributed by atoms with Crippen LogP contribution < -0.4 is 10.6 Å². The molecule has 0 saturated heterocycles. The molecule has 190 valence electrons. The smallest absolute Gasteiger partial charge is 0.408 e. The number of nitrogens with one attached hydrogen (secondary N) is 3. The second kappa shape index (κ2) is 13.1. The zero-order valence-electron chi connectivity index (χ0n) is 20.3. The fourth-order valence-electron chi connectivity index (χ4n) is 3.05. The lowest BCUT2D eigenvalue weighted by atomic mass is 10.1. The van der Waals surface area contributed by atoms with Crippen LogP contribution in [0.5, 0.6) is 0 Å². The molecular weight excluding hydrogens is 456 g/mol. The molecule has 1 aromatic heterocycles. The van der Waals surface area contributed by atoms with E-state index in [0.29, 0.717) is 5.69 Å². The second-order valence-electron chi connectivity index (χ2n) is 8.75. The number of hydrogen-bond donors (Lipinski definition) is 3. The minimum atomic E-state index is -1.17. The Morgan fingerprint density at radius 1 is 1.06 bits per heavy atom.